The molecule has 0 bridgehead atoms. The number of rotatable bonds is 3. The molecule has 11 aromatic carbocycles. The van der Waals surface area contributed by atoms with Crippen molar-refractivity contribution < 1.29 is 4.42 Å². The molecule has 16 rings (SSSR count). The molecule has 2 spiro atoms. The Morgan fingerprint density at radius 1 is 0.329 bits per heavy atom. The van der Waals surface area contributed by atoms with Crippen LogP contribution in [0.5, 0.6) is 0 Å². The third-order valence-corrected chi connectivity index (χ3v) is 18.0. The van der Waals surface area contributed by atoms with Crippen molar-refractivity contribution in [1.29, 1.82) is 0 Å². The van der Waals surface area contributed by atoms with Gasteiger partial charge in [0.2, 0.25) is 0 Å². The van der Waals surface area contributed by atoms with Gasteiger partial charge < -0.3 is 9.32 Å². The van der Waals surface area contributed by atoms with Crippen molar-refractivity contribution >= 4 is 49.8 Å². The molecule has 0 N–H and O–H groups in total. The standard InChI is InChI=1S/C74H55NO/c1-71(2,3)45-31-35-54-55-36-32-46(72(4,5)6)41-64(55)74(63(54)40-45)62-29-17-12-24-53(62)57-38-34-48(43-66(57)74)75(67-39-44-19-7-8-20-49(44)69-58-25-13-18-30-68(58)76-70(67)69)47-33-37-56-52-23-11-16-28-61(52)73(65(56)42-47)59-26-14-9-21-50(59)51-22-10-15-27-60(51)73/h7-43H,1-6H3. The first-order valence-corrected chi connectivity index (χ1v) is 27.1. The second-order valence-electron chi connectivity index (χ2n) is 23.9. The minimum absolute atomic E-state index is 0.0554. The summed E-state index contributed by atoms with van der Waals surface area (Å²) in [6, 6.07) is 85.7. The highest BCUT2D eigenvalue weighted by molar-refractivity contribution is 6.23. The zero-order chi connectivity index (χ0) is 51.0. The highest BCUT2D eigenvalue weighted by Crippen LogP contribution is 2.66. The molecule has 1 aromatic heterocycles. The zero-order valence-corrected chi connectivity index (χ0v) is 43.7. The van der Waals surface area contributed by atoms with Gasteiger partial charge in [-0.25, -0.2) is 0 Å². The van der Waals surface area contributed by atoms with Gasteiger partial charge in [0, 0.05) is 22.1 Å². The monoisotopic (exact) mass is 973 g/mol. The van der Waals surface area contributed by atoms with Crippen molar-refractivity contribution in [2.24, 2.45) is 0 Å². The Labute approximate surface area is 444 Å². The maximum absolute atomic E-state index is 7.22. The lowest BCUT2D eigenvalue weighted by atomic mass is 9.68. The molecule has 0 saturated carbocycles. The van der Waals surface area contributed by atoms with Gasteiger partial charge in [-0.05, 0) is 158 Å². The average molecular weight is 974 g/mol. The van der Waals surface area contributed by atoms with Crippen molar-refractivity contribution in [2.45, 2.75) is 63.2 Å². The fourth-order valence-corrected chi connectivity index (χ4v) is 14.6. The lowest BCUT2D eigenvalue weighted by Gasteiger charge is -2.34. The summed E-state index contributed by atoms with van der Waals surface area (Å²) in [5, 5.41) is 4.59. The van der Waals surface area contributed by atoms with Crippen molar-refractivity contribution in [3.8, 4) is 44.5 Å². The van der Waals surface area contributed by atoms with Crippen LogP contribution in [0.15, 0.2) is 229 Å². The average Bonchev–Trinajstić information content (AvgIpc) is 4.37. The normalized spacial score (nSPS) is 14.7. The minimum atomic E-state index is -0.584. The molecule has 1 heterocycles. The van der Waals surface area contributed by atoms with Crippen LogP contribution in [0.25, 0.3) is 77.2 Å². The Hall–Kier alpha value is -8.72. The Kier molecular flexibility index (Phi) is 8.61. The van der Waals surface area contributed by atoms with Gasteiger partial charge in [0.1, 0.15) is 5.58 Å². The van der Waals surface area contributed by atoms with E-state index in [4.69, 9.17) is 4.42 Å². The largest absolute Gasteiger partial charge is 0.454 e. The molecule has 0 radical (unpaired) electrons. The van der Waals surface area contributed by atoms with Crippen LogP contribution in [0, 0.1) is 0 Å². The van der Waals surface area contributed by atoms with E-state index in [9.17, 15) is 0 Å². The molecule has 4 aliphatic rings. The summed E-state index contributed by atoms with van der Waals surface area (Å²) in [6.45, 7) is 14.1. The lowest BCUT2D eigenvalue weighted by molar-refractivity contribution is 0.586. The van der Waals surface area contributed by atoms with Crippen LogP contribution in [-0.2, 0) is 21.7 Å². The predicted octanol–water partition coefficient (Wildman–Crippen LogP) is 19.5. The van der Waals surface area contributed by atoms with Crippen LogP contribution >= 0.6 is 0 Å². The molecular weight excluding hydrogens is 919 g/mol. The summed E-state index contributed by atoms with van der Waals surface area (Å²) in [5.41, 5.74) is 27.4. The number of nitrogens with zero attached hydrogens (tertiary/aromatic N) is 1. The molecule has 2 nitrogen and oxygen atoms in total. The molecule has 4 aliphatic carbocycles. The number of furan rings is 1. The van der Waals surface area contributed by atoms with Crippen LogP contribution in [0.2, 0.25) is 0 Å². The van der Waals surface area contributed by atoms with E-state index >= 15 is 0 Å². The van der Waals surface area contributed by atoms with Gasteiger partial charge in [-0.3, -0.25) is 0 Å². The maximum atomic E-state index is 7.22. The number of benzene rings is 11. The third-order valence-electron chi connectivity index (χ3n) is 18.0. The maximum Gasteiger partial charge on any atom is 0.160 e. The van der Waals surface area contributed by atoms with Gasteiger partial charge in [0.25, 0.3) is 0 Å². The number of fused-ring (bicyclic) bond motifs is 25. The van der Waals surface area contributed by atoms with E-state index in [1.807, 2.05) is 0 Å². The summed E-state index contributed by atoms with van der Waals surface area (Å²) < 4.78 is 7.22. The molecule has 2 heteroatoms. The van der Waals surface area contributed by atoms with Gasteiger partial charge in [0.05, 0.1) is 16.5 Å². The van der Waals surface area contributed by atoms with Crippen molar-refractivity contribution in [3.63, 3.8) is 0 Å². The van der Waals surface area contributed by atoms with Crippen LogP contribution in [-0.4, -0.2) is 0 Å². The topological polar surface area (TPSA) is 16.4 Å². The Balaban J connectivity index is 1.03. The van der Waals surface area contributed by atoms with E-state index in [1.165, 1.54) is 111 Å². The Morgan fingerprint density at radius 2 is 0.697 bits per heavy atom. The number of hydrogen-bond acceptors (Lipinski definition) is 2. The molecule has 76 heavy (non-hydrogen) atoms. The van der Waals surface area contributed by atoms with E-state index in [1.54, 1.807) is 0 Å². The summed E-state index contributed by atoms with van der Waals surface area (Å²) in [5.74, 6) is 0. The predicted molar refractivity (Wildman–Crippen MR) is 316 cm³/mol. The van der Waals surface area contributed by atoms with Gasteiger partial charge in [-0.1, -0.05) is 230 Å². The van der Waals surface area contributed by atoms with E-state index in [-0.39, 0.29) is 10.8 Å². The lowest BCUT2D eigenvalue weighted by Crippen LogP contribution is -2.27. The number of anilines is 3. The minimum Gasteiger partial charge on any atom is -0.454 e. The second kappa shape index (κ2) is 15.0. The van der Waals surface area contributed by atoms with Gasteiger partial charge in [-0.15, -0.1) is 0 Å². The van der Waals surface area contributed by atoms with Crippen LogP contribution in [0.4, 0.5) is 17.1 Å². The summed E-state index contributed by atoms with van der Waals surface area (Å²) >= 11 is 0. The molecule has 0 atom stereocenters. The molecule has 0 unspecified atom stereocenters. The highest BCUT2D eigenvalue weighted by Gasteiger charge is 2.54. The van der Waals surface area contributed by atoms with E-state index in [2.05, 4.69) is 271 Å². The SMILES string of the molecule is CC(C)(C)c1ccc2c(c1)C1(c3ccccc3-c3ccc(N(c4ccc5c(c4)C4(c6ccccc6-c6ccccc64)c4ccccc4-5)c4cc5ccccc5c5c4oc4ccccc45)cc31)c1cc(C(C)(C)C)ccc1-2. The molecule has 362 valence electrons. The second-order valence-corrected chi connectivity index (χ2v) is 23.9. The Morgan fingerprint density at radius 3 is 1.17 bits per heavy atom. The highest BCUT2D eigenvalue weighted by atomic mass is 16.3. The first-order chi connectivity index (χ1) is 37.0. The number of para-hydroxylation sites is 1. The zero-order valence-electron chi connectivity index (χ0n) is 43.7. The van der Waals surface area contributed by atoms with E-state index in [0.29, 0.717) is 0 Å². The molecule has 0 aliphatic heterocycles. The molecule has 0 fully saturated rings. The molecular formula is C74H55NO. The van der Waals surface area contributed by atoms with Gasteiger partial charge in [0.15, 0.2) is 5.58 Å². The number of hydrogen-bond donors (Lipinski definition) is 0. The van der Waals surface area contributed by atoms with Gasteiger partial charge in [-0.2, -0.15) is 0 Å². The smallest absolute Gasteiger partial charge is 0.160 e. The quantitative estimate of drug-likeness (QED) is 0.175. The molecule has 0 amide bonds. The summed E-state index contributed by atoms with van der Waals surface area (Å²) in [7, 11) is 0. The van der Waals surface area contributed by atoms with Crippen LogP contribution in [0.1, 0.15) is 97.2 Å². The van der Waals surface area contributed by atoms with Crippen molar-refractivity contribution in [3.05, 3.63) is 280 Å². The van der Waals surface area contributed by atoms with E-state index in [0.717, 1.165) is 39.0 Å². The van der Waals surface area contributed by atoms with Gasteiger partial charge >= 0.3 is 0 Å². The van der Waals surface area contributed by atoms with Crippen LogP contribution < -0.4 is 4.90 Å². The summed E-state index contributed by atoms with van der Waals surface area (Å²) in [4.78, 5) is 2.53. The fraction of sp³-hybridized carbons (Fsp3) is 0.135. The molecule has 12 aromatic rings. The third kappa shape index (κ3) is 5.51. The fourth-order valence-electron chi connectivity index (χ4n) is 14.6. The summed E-state index contributed by atoms with van der Waals surface area (Å²) in [6.07, 6.45) is 0. The van der Waals surface area contributed by atoms with Crippen molar-refractivity contribution in [1.82, 2.24) is 0 Å². The molecule has 0 saturated heterocycles. The van der Waals surface area contributed by atoms with Crippen molar-refractivity contribution in [2.75, 3.05) is 4.90 Å². The first kappa shape index (κ1) is 43.7. The Bertz CT molecular complexity index is 4380. The van der Waals surface area contributed by atoms with Crippen LogP contribution in [0.3, 0.4) is 0 Å². The van der Waals surface area contributed by atoms with E-state index < -0.39 is 10.8 Å². The first-order valence-electron chi connectivity index (χ1n) is 27.1.